The molecule has 1 heterocycles. The molecule has 1 fully saturated rings. The number of rotatable bonds is 3. The van der Waals surface area contributed by atoms with Gasteiger partial charge < -0.3 is 4.74 Å². The minimum atomic E-state index is -0.00523. The second-order valence-electron chi connectivity index (χ2n) is 3.23. The summed E-state index contributed by atoms with van der Waals surface area (Å²) in [5, 5.41) is 0. The Morgan fingerprint density at radius 3 is 3.17 bits per heavy atom. The highest BCUT2D eigenvalue weighted by Gasteiger charge is 2.21. The van der Waals surface area contributed by atoms with Gasteiger partial charge in [-0.25, -0.2) is 0 Å². The Bertz CT molecular complexity index is 163. The van der Waals surface area contributed by atoms with Crippen LogP contribution in [0.2, 0.25) is 0 Å². The number of hydrogen-bond donors (Lipinski definition) is 0. The van der Waals surface area contributed by atoms with Crippen LogP contribution in [0.1, 0.15) is 32.1 Å². The molecule has 2 nitrogen and oxygen atoms in total. The largest absolute Gasteiger partial charge is 0.465 e. The van der Waals surface area contributed by atoms with E-state index in [9.17, 15) is 4.79 Å². The van der Waals surface area contributed by atoms with Crippen LogP contribution in [-0.4, -0.2) is 12.6 Å². The van der Waals surface area contributed by atoms with Gasteiger partial charge in [-0.2, -0.15) is 0 Å². The van der Waals surface area contributed by atoms with Crippen LogP contribution in [0, 0.1) is 5.92 Å². The molecule has 0 aromatic rings. The van der Waals surface area contributed by atoms with Gasteiger partial charge in [0.15, 0.2) is 0 Å². The predicted octanol–water partition coefficient (Wildman–Crippen LogP) is 2.30. The molecule has 0 spiro atoms. The van der Waals surface area contributed by atoms with E-state index in [0.29, 0.717) is 6.61 Å². The van der Waals surface area contributed by atoms with Crippen LogP contribution in [0.4, 0.5) is 0 Å². The SMILES string of the molecule is C=CCCC1CCCCOC1=O. The molecule has 0 saturated carbocycles. The summed E-state index contributed by atoms with van der Waals surface area (Å²) >= 11 is 0. The van der Waals surface area contributed by atoms with Crippen molar-refractivity contribution in [3.05, 3.63) is 12.7 Å². The van der Waals surface area contributed by atoms with E-state index in [1.165, 1.54) is 0 Å². The third-order valence-electron chi connectivity index (χ3n) is 2.24. The molecular weight excluding hydrogens is 152 g/mol. The van der Waals surface area contributed by atoms with Crippen molar-refractivity contribution < 1.29 is 9.53 Å². The van der Waals surface area contributed by atoms with E-state index in [0.717, 1.165) is 32.1 Å². The first kappa shape index (κ1) is 9.30. The van der Waals surface area contributed by atoms with Gasteiger partial charge in [-0.15, -0.1) is 6.58 Å². The Balaban J connectivity index is 2.36. The van der Waals surface area contributed by atoms with Crippen LogP contribution < -0.4 is 0 Å². The fourth-order valence-corrected chi connectivity index (χ4v) is 1.48. The summed E-state index contributed by atoms with van der Waals surface area (Å²) in [7, 11) is 0. The van der Waals surface area contributed by atoms with Gasteiger partial charge in [-0.3, -0.25) is 4.79 Å². The van der Waals surface area contributed by atoms with Gasteiger partial charge in [0.05, 0.1) is 12.5 Å². The second-order valence-corrected chi connectivity index (χ2v) is 3.23. The van der Waals surface area contributed by atoms with Crippen molar-refractivity contribution in [1.82, 2.24) is 0 Å². The molecular formula is C10H16O2. The highest BCUT2D eigenvalue weighted by atomic mass is 16.5. The summed E-state index contributed by atoms with van der Waals surface area (Å²) in [6, 6.07) is 0. The lowest BCUT2D eigenvalue weighted by atomic mass is 9.98. The van der Waals surface area contributed by atoms with Gasteiger partial charge in [-0.1, -0.05) is 6.08 Å². The molecule has 0 amide bonds. The highest BCUT2D eigenvalue weighted by molar-refractivity contribution is 5.72. The van der Waals surface area contributed by atoms with Crippen LogP contribution in [0.5, 0.6) is 0 Å². The van der Waals surface area contributed by atoms with E-state index < -0.39 is 0 Å². The van der Waals surface area contributed by atoms with E-state index in [2.05, 4.69) is 6.58 Å². The zero-order valence-electron chi connectivity index (χ0n) is 7.42. The van der Waals surface area contributed by atoms with Gasteiger partial charge in [0.2, 0.25) is 0 Å². The van der Waals surface area contributed by atoms with E-state index in [4.69, 9.17) is 4.74 Å². The zero-order valence-corrected chi connectivity index (χ0v) is 7.42. The number of ether oxygens (including phenoxy) is 1. The zero-order chi connectivity index (χ0) is 8.81. The van der Waals surface area contributed by atoms with Gasteiger partial charge in [-0.05, 0) is 32.1 Å². The third kappa shape index (κ3) is 2.68. The van der Waals surface area contributed by atoms with Crippen LogP contribution in [0.3, 0.4) is 0 Å². The molecule has 0 aliphatic carbocycles. The monoisotopic (exact) mass is 168 g/mol. The summed E-state index contributed by atoms with van der Waals surface area (Å²) < 4.78 is 5.04. The molecule has 1 saturated heterocycles. The molecule has 0 aromatic heterocycles. The van der Waals surface area contributed by atoms with Gasteiger partial charge in [0.1, 0.15) is 0 Å². The number of esters is 1. The van der Waals surface area contributed by atoms with Crippen LogP contribution in [0.15, 0.2) is 12.7 Å². The molecule has 1 aliphatic heterocycles. The maximum absolute atomic E-state index is 11.3. The van der Waals surface area contributed by atoms with E-state index in [1.54, 1.807) is 0 Å². The van der Waals surface area contributed by atoms with Gasteiger partial charge >= 0.3 is 5.97 Å². The Morgan fingerprint density at radius 2 is 2.42 bits per heavy atom. The number of allylic oxidation sites excluding steroid dienone is 1. The minimum absolute atomic E-state index is 0.00523. The summed E-state index contributed by atoms with van der Waals surface area (Å²) in [5.74, 6) is 0.125. The lowest BCUT2D eigenvalue weighted by molar-refractivity contribution is -0.147. The van der Waals surface area contributed by atoms with Crippen LogP contribution >= 0.6 is 0 Å². The Labute approximate surface area is 73.6 Å². The average Bonchev–Trinajstić information content (AvgIpc) is 2.27. The van der Waals surface area contributed by atoms with Crippen molar-refractivity contribution in [3.63, 3.8) is 0 Å². The predicted molar refractivity (Wildman–Crippen MR) is 47.7 cm³/mol. The van der Waals surface area contributed by atoms with Crippen molar-refractivity contribution in [2.75, 3.05) is 6.61 Å². The van der Waals surface area contributed by atoms with Gasteiger partial charge in [0, 0.05) is 0 Å². The first-order chi connectivity index (χ1) is 5.84. The van der Waals surface area contributed by atoms with Crippen molar-refractivity contribution >= 4 is 5.97 Å². The number of carbonyl (C=O) groups is 1. The van der Waals surface area contributed by atoms with E-state index in [-0.39, 0.29) is 11.9 Å². The normalized spacial score (nSPS) is 24.3. The fourth-order valence-electron chi connectivity index (χ4n) is 1.48. The molecule has 1 rings (SSSR count). The summed E-state index contributed by atoms with van der Waals surface area (Å²) in [4.78, 5) is 11.3. The Kier molecular flexibility index (Phi) is 3.85. The van der Waals surface area contributed by atoms with E-state index in [1.807, 2.05) is 6.08 Å². The molecule has 0 radical (unpaired) electrons. The molecule has 2 heteroatoms. The second kappa shape index (κ2) is 4.96. The molecule has 1 aliphatic rings. The molecule has 0 bridgehead atoms. The van der Waals surface area contributed by atoms with Crippen molar-refractivity contribution in [3.8, 4) is 0 Å². The highest BCUT2D eigenvalue weighted by Crippen LogP contribution is 2.20. The van der Waals surface area contributed by atoms with Gasteiger partial charge in [0.25, 0.3) is 0 Å². The first-order valence-electron chi connectivity index (χ1n) is 4.62. The fraction of sp³-hybridized carbons (Fsp3) is 0.700. The maximum atomic E-state index is 11.3. The maximum Gasteiger partial charge on any atom is 0.308 e. The summed E-state index contributed by atoms with van der Waals surface area (Å²) in [6.07, 6.45) is 6.82. The summed E-state index contributed by atoms with van der Waals surface area (Å²) in [6.45, 7) is 4.26. The molecule has 0 N–H and O–H groups in total. The summed E-state index contributed by atoms with van der Waals surface area (Å²) in [5.41, 5.74) is 0. The Morgan fingerprint density at radius 1 is 1.58 bits per heavy atom. The number of hydrogen-bond acceptors (Lipinski definition) is 2. The average molecular weight is 168 g/mol. The van der Waals surface area contributed by atoms with Crippen molar-refractivity contribution in [2.45, 2.75) is 32.1 Å². The number of cyclic esters (lactones) is 1. The van der Waals surface area contributed by atoms with Crippen LogP contribution in [-0.2, 0) is 9.53 Å². The smallest absolute Gasteiger partial charge is 0.308 e. The molecule has 1 unspecified atom stereocenters. The lowest BCUT2D eigenvalue weighted by Gasteiger charge is -2.09. The standard InChI is InChI=1S/C10H16O2/c1-2-3-6-9-7-4-5-8-12-10(9)11/h2,9H,1,3-8H2. The Hall–Kier alpha value is -0.790. The van der Waals surface area contributed by atoms with Crippen molar-refractivity contribution in [2.24, 2.45) is 5.92 Å². The molecule has 1 atom stereocenters. The molecule has 0 aromatic carbocycles. The molecule has 12 heavy (non-hydrogen) atoms. The number of carbonyl (C=O) groups excluding carboxylic acids is 1. The topological polar surface area (TPSA) is 26.3 Å². The molecule has 68 valence electrons. The first-order valence-corrected chi connectivity index (χ1v) is 4.62. The third-order valence-corrected chi connectivity index (χ3v) is 2.24. The van der Waals surface area contributed by atoms with Crippen LogP contribution in [0.25, 0.3) is 0 Å². The van der Waals surface area contributed by atoms with Crippen molar-refractivity contribution in [1.29, 1.82) is 0 Å². The minimum Gasteiger partial charge on any atom is -0.465 e. The quantitative estimate of drug-likeness (QED) is 0.477. The van der Waals surface area contributed by atoms with E-state index >= 15 is 0 Å². The lowest BCUT2D eigenvalue weighted by Crippen LogP contribution is -2.15.